The number of allylic oxidation sites excluding steroid dienone is 1. The van der Waals surface area contributed by atoms with Crippen molar-refractivity contribution in [3.63, 3.8) is 0 Å². The van der Waals surface area contributed by atoms with Gasteiger partial charge in [0.25, 0.3) is 0 Å². The highest BCUT2D eigenvalue weighted by atomic mass is 16.6. The molecular formula is C39H66N2O6. The third kappa shape index (κ3) is 5.63. The van der Waals surface area contributed by atoms with Crippen LogP contribution in [0.2, 0.25) is 0 Å². The molecule has 12 atom stereocenters. The van der Waals surface area contributed by atoms with Crippen LogP contribution in [0.3, 0.4) is 0 Å². The fourth-order valence-corrected chi connectivity index (χ4v) is 12.1. The van der Waals surface area contributed by atoms with Crippen molar-refractivity contribution < 1.29 is 28.9 Å². The first-order valence-electron chi connectivity index (χ1n) is 18.8. The lowest BCUT2D eigenvalue weighted by Gasteiger charge is -2.71. The van der Waals surface area contributed by atoms with E-state index < -0.39 is 29.4 Å². The summed E-state index contributed by atoms with van der Waals surface area (Å²) in [5.41, 5.74) is 12.0. The molecule has 0 spiro atoms. The Balaban J connectivity index is 1.53. The van der Waals surface area contributed by atoms with E-state index in [0.717, 1.165) is 51.4 Å². The molecule has 5 rings (SSSR count). The van der Waals surface area contributed by atoms with E-state index in [1.165, 1.54) is 5.57 Å². The SMILES string of the molecule is CC(C)O[C@@H]1C[C@@]23COC[C@@](C)([C@@H]2CC[C@H]2C3=CC[C@@]3(C)[C@H](C(=O)O)[C@@](C)([C@H](C)C(C)C)CC[C@]23C)[C@H]1OC(=O)C(N)CCCCN. The molecule has 0 radical (unpaired) electrons. The molecule has 0 aromatic carbocycles. The Hall–Kier alpha value is -1.48. The monoisotopic (exact) mass is 658 g/mol. The molecule has 0 aromatic rings. The zero-order valence-corrected chi connectivity index (χ0v) is 30.9. The second kappa shape index (κ2) is 13.0. The van der Waals surface area contributed by atoms with Gasteiger partial charge in [-0.25, -0.2) is 0 Å². The third-order valence-corrected chi connectivity index (χ3v) is 15.0. The Kier molecular flexibility index (Phi) is 10.2. The minimum Gasteiger partial charge on any atom is -0.481 e. The van der Waals surface area contributed by atoms with Crippen LogP contribution < -0.4 is 11.5 Å². The van der Waals surface area contributed by atoms with Crippen molar-refractivity contribution in [2.24, 2.45) is 68.1 Å². The molecule has 5 aliphatic rings. The Morgan fingerprint density at radius 2 is 1.72 bits per heavy atom. The molecule has 1 aliphatic heterocycles. The van der Waals surface area contributed by atoms with E-state index in [9.17, 15) is 14.7 Å². The van der Waals surface area contributed by atoms with Gasteiger partial charge in [-0.15, -0.1) is 0 Å². The number of esters is 1. The molecule has 0 amide bonds. The number of carboxylic acid groups (broad SMARTS) is 1. The molecule has 1 heterocycles. The van der Waals surface area contributed by atoms with Crippen molar-refractivity contribution in [2.75, 3.05) is 19.8 Å². The Labute approximate surface area is 284 Å². The van der Waals surface area contributed by atoms with Gasteiger partial charge in [0.15, 0.2) is 0 Å². The van der Waals surface area contributed by atoms with E-state index >= 15 is 0 Å². The van der Waals surface area contributed by atoms with Crippen LogP contribution in [0.25, 0.3) is 0 Å². The van der Waals surface area contributed by atoms with E-state index in [-0.39, 0.29) is 51.7 Å². The molecule has 8 nitrogen and oxygen atoms in total. The fraction of sp³-hybridized carbons (Fsp3) is 0.897. The lowest BCUT2D eigenvalue weighted by Crippen LogP contribution is -2.70. The second-order valence-electron chi connectivity index (χ2n) is 18.0. The molecular weight excluding hydrogens is 592 g/mol. The number of nitrogens with two attached hydrogens (primary N) is 2. The van der Waals surface area contributed by atoms with Crippen LogP contribution in [-0.2, 0) is 23.8 Å². The number of hydrogen-bond acceptors (Lipinski definition) is 7. The summed E-state index contributed by atoms with van der Waals surface area (Å²) in [6, 6.07) is -0.687. The average molecular weight is 659 g/mol. The summed E-state index contributed by atoms with van der Waals surface area (Å²) >= 11 is 0. The first kappa shape index (κ1) is 36.8. The van der Waals surface area contributed by atoms with E-state index in [2.05, 4.69) is 68.4 Å². The quantitative estimate of drug-likeness (QED) is 0.126. The van der Waals surface area contributed by atoms with Crippen LogP contribution in [0, 0.1) is 56.7 Å². The number of ether oxygens (including phenoxy) is 3. The Bertz CT molecular complexity index is 1220. The molecule has 1 unspecified atom stereocenters. The normalized spacial score (nSPS) is 44.1. The topological polar surface area (TPSA) is 134 Å². The van der Waals surface area contributed by atoms with Gasteiger partial charge >= 0.3 is 11.9 Å². The number of fused-ring (bicyclic) bond motifs is 3. The summed E-state index contributed by atoms with van der Waals surface area (Å²) in [7, 11) is 0. The highest BCUT2D eigenvalue weighted by Gasteiger charge is 2.72. The number of carboxylic acids is 1. The maximum absolute atomic E-state index is 13.5. The highest BCUT2D eigenvalue weighted by Crippen LogP contribution is 2.75. The van der Waals surface area contributed by atoms with Crippen LogP contribution in [0.1, 0.15) is 120 Å². The molecule has 47 heavy (non-hydrogen) atoms. The molecule has 3 saturated carbocycles. The first-order valence-corrected chi connectivity index (χ1v) is 18.8. The van der Waals surface area contributed by atoms with Crippen molar-refractivity contribution in [3.05, 3.63) is 11.6 Å². The minimum atomic E-state index is -0.687. The van der Waals surface area contributed by atoms with Gasteiger partial charge in [0.2, 0.25) is 0 Å². The van der Waals surface area contributed by atoms with Crippen LogP contribution in [0.5, 0.6) is 0 Å². The fourth-order valence-electron chi connectivity index (χ4n) is 12.1. The minimum absolute atomic E-state index is 0.0338. The summed E-state index contributed by atoms with van der Waals surface area (Å²) in [6.45, 7) is 21.8. The van der Waals surface area contributed by atoms with Gasteiger partial charge in [-0.05, 0) is 112 Å². The number of unbranched alkanes of at least 4 members (excludes halogenated alkanes) is 1. The molecule has 0 aromatic heterocycles. The summed E-state index contributed by atoms with van der Waals surface area (Å²) in [5, 5.41) is 11.0. The smallest absolute Gasteiger partial charge is 0.323 e. The third-order valence-electron chi connectivity index (χ3n) is 15.0. The van der Waals surface area contributed by atoms with E-state index in [1.54, 1.807) is 0 Å². The number of rotatable bonds is 11. The molecule has 4 aliphatic carbocycles. The average Bonchev–Trinajstić information content (AvgIpc) is 2.98. The van der Waals surface area contributed by atoms with Crippen LogP contribution in [-0.4, -0.2) is 61.2 Å². The van der Waals surface area contributed by atoms with Gasteiger partial charge in [0.05, 0.1) is 31.3 Å². The van der Waals surface area contributed by atoms with Gasteiger partial charge in [-0.2, -0.15) is 0 Å². The maximum Gasteiger partial charge on any atom is 0.323 e. The van der Waals surface area contributed by atoms with Gasteiger partial charge in [-0.3, -0.25) is 9.59 Å². The number of hydrogen-bond donors (Lipinski definition) is 3. The largest absolute Gasteiger partial charge is 0.481 e. The van der Waals surface area contributed by atoms with Gasteiger partial charge in [0.1, 0.15) is 12.1 Å². The highest BCUT2D eigenvalue weighted by molar-refractivity contribution is 5.76. The summed E-state index contributed by atoms with van der Waals surface area (Å²) in [5.74, 6) is -0.163. The van der Waals surface area contributed by atoms with Gasteiger partial charge in [0, 0.05) is 10.8 Å². The Morgan fingerprint density at radius 1 is 1.02 bits per heavy atom. The molecule has 268 valence electrons. The zero-order chi connectivity index (χ0) is 34.7. The molecule has 5 N–H and O–H groups in total. The Morgan fingerprint density at radius 3 is 2.34 bits per heavy atom. The van der Waals surface area contributed by atoms with Crippen LogP contribution in [0.4, 0.5) is 0 Å². The van der Waals surface area contributed by atoms with Gasteiger partial charge < -0.3 is 30.8 Å². The van der Waals surface area contributed by atoms with Crippen LogP contribution in [0.15, 0.2) is 11.6 Å². The molecule has 4 fully saturated rings. The van der Waals surface area contributed by atoms with E-state index in [4.69, 9.17) is 25.7 Å². The predicted octanol–water partition coefficient (Wildman–Crippen LogP) is 6.74. The number of carbonyl (C=O) groups excluding carboxylic acids is 1. The number of carbonyl (C=O) groups is 2. The second-order valence-corrected chi connectivity index (χ2v) is 18.0. The van der Waals surface area contributed by atoms with Crippen LogP contribution >= 0.6 is 0 Å². The van der Waals surface area contributed by atoms with Gasteiger partial charge in [-0.1, -0.05) is 66.5 Å². The van der Waals surface area contributed by atoms with E-state index in [1.807, 2.05) is 0 Å². The number of aliphatic carboxylic acids is 1. The van der Waals surface area contributed by atoms with Crippen molar-refractivity contribution >= 4 is 11.9 Å². The molecule has 1 saturated heterocycles. The summed E-state index contributed by atoms with van der Waals surface area (Å²) in [4.78, 5) is 26.8. The maximum atomic E-state index is 13.5. The molecule has 8 heteroatoms. The summed E-state index contributed by atoms with van der Waals surface area (Å²) < 4.78 is 19.7. The lowest BCUT2D eigenvalue weighted by molar-refractivity contribution is -0.270. The van der Waals surface area contributed by atoms with Crippen molar-refractivity contribution in [3.8, 4) is 0 Å². The van der Waals surface area contributed by atoms with E-state index in [0.29, 0.717) is 38.0 Å². The van der Waals surface area contributed by atoms with Crippen molar-refractivity contribution in [2.45, 2.75) is 144 Å². The molecule has 2 bridgehead atoms. The zero-order valence-electron chi connectivity index (χ0n) is 30.9. The van der Waals surface area contributed by atoms with Crippen molar-refractivity contribution in [1.82, 2.24) is 0 Å². The van der Waals surface area contributed by atoms with Crippen molar-refractivity contribution in [1.29, 1.82) is 0 Å². The standard InChI is InChI=1S/C39H66N2O6/c1-23(2)25(5)35(6)17-18-37(8)26-13-14-30-36(7)21-45-22-39(30,27(26)15-16-38(37,9)31(35)33(42)43)20-29(46-24(3)4)32(36)47-34(44)28(41)12-10-11-19-40/h15,23-26,28-32H,10-14,16-22,40-41H2,1-9H3,(H,42,43)/t25-,26+,28?,29-,30+,31-,32+,35-,36+,37-,38+,39+/m1/s1. The lowest BCUT2D eigenvalue weighted by atomic mass is 9.34. The first-order chi connectivity index (χ1) is 21.9. The predicted molar refractivity (Wildman–Crippen MR) is 184 cm³/mol. The summed E-state index contributed by atoms with van der Waals surface area (Å²) in [6.07, 6.45) is 9.30.